The maximum Gasteiger partial charge on any atom is 0.392 e. The highest BCUT2D eigenvalue weighted by molar-refractivity contribution is 6.33. The Bertz CT molecular complexity index is 1030. The Morgan fingerprint density at radius 2 is 1.74 bits per heavy atom. The van der Waals surface area contributed by atoms with Gasteiger partial charge in [-0.1, -0.05) is 61.5 Å². The van der Waals surface area contributed by atoms with E-state index in [-0.39, 0.29) is 28.7 Å². The molecule has 0 saturated carbocycles. The van der Waals surface area contributed by atoms with E-state index in [1.807, 2.05) is 0 Å². The van der Waals surface area contributed by atoms with Crippen LogP contribution in [0.1, 0.15) is 56.7 Å². The molecule has 0 saturated heterocycles. The van der Waals surface area contributed by atoms with E-state index >= 15 is 0 Å². The minimum atomic E-state index is -4.59. The molecule has 2 rings (SSSR count). The standard InChI is InChI=1S/C26H29ClF3NO3/c1-6-17-7-11-19(12-8-17)23(16(2)26(28,29)30)24(33)31-21-15-18(9-13-20(21)27)10-14-22(32)34-25(3,4)5/h6-9,11-13,15-16,23H,1,10,14H2,2-5H3,(H,31,33)/t16?,23-/m0/s1. The Morgan fingerprint density at radius 1 is 1.12 bits per heavy atom. The number of hydrogen-bond donors (Lipinski definition) is 1. The van der Waals surface area contributed by atoms with Gasteiger partial charge in [-0.3, -0.25) is 9.59 Å². The monoisotopic (exact) mass is 495 g/mol. The molecular weight excluding hydrogens is 467 g/mol. The van der Waals surface area contributed by atoms with Gasteiger partial charge in [0, 0.05) is 6.42 Å². The summed E-state index contributed by atoms with van der Waals surface area (Å²) in [7, 11) is 0. The average Bonchev–Trinajstić information content (AvgIpc) is 2.73. The summed E-state index contributed by atoms with van der Waals surface area (Å²) in [5, 5.41) is 2.73. The van der Waals surface area contributed by atoms with Gasteiger partial charge in [0.25, 0.3) is 0 Å². The molecule has 0 heterocycles. The largest absolute Gasteiger partial charge is 0.460 e. The summed E-state index contributed by atoms with van der Waals surface area (Å²) in [5.74, 6) is -4.63. The highest BCUT2D eigenvalue weighted by Gasteiger charge is 2.45. The third kappa shape index (κ3) is 7.90. The Balaban J connectivity index is 2.26. The fourth-order valence-electron chi connectivity index (χ4n) is 3.37. The average molecular weight is 496 g/mol. The molecule has 8 heteroatoms. The van der Waals surface area contributed by atoms with Gasteiger partial charge in [0.2, 0.25) is 5.91 Å². The van der Waals surface area contributed by atoms with Crippen molar-refractivity contribution in [2.75, 3.05) is 5.32 Å². The molecule has 0 bridgehead atoms. The van der Waals surface area contributed by atoms with Crippen molar-refractivity contribution >= 4 is 35.2 Å². The van der Waals surface area contributed by atoms with Crippen molar-refractivity contribution in [1.82, 2.24) is 0 Å². The number of carbonyl (C=O) groups is 2. The summed E-state index contributed by atoms with van der Waals surface area (Å²) in [6.07, 6.45) is -2.59. The Hall–Kier alpha value is -2.80. The van der Waals surface area contributed by atoms with Crippen LogP contribution in [0.15, 0.2) is 49.0 Å². The third-order valence-corrected chi connectivity index (χ3v) is 5.49. The van der Waals surface area contributed by atoms with Crippen LogP contribution in [0.25, 0.3) is 6.08 Å². The molecule has 0 aliphatic rings. The molecule has 4 nitrogen and oxygen atoms in total. The van der Waals surface area contributed by atoms with Crippen LogP contribution in [0.5, 0.6) is 0 Å². The number of rotatable bonds is 8. The normalized spacial score (nSPS) is 13.6. The van der Waals surface area contributed by atoms with Crippen LogP contribution in [-0.2, 0) is 20.7 Å². The summed E-state index contributed by atoms with van der Waals surface area (Å²) in [6, 6.07) is 11.0. The van der Waals surface area contributed by atoms with Gasteiger partial charge in [-0.15, -0.1) is 0 Å². The summed E-state index contributed by atoms with van der Waals surface area (Å²) >= 11 is 6.21. The van der Waals surface area contributed by atoms with Crippen LogP contribution >= 0.6 is 11.6 Å². The molecule has 0 aromatic heterocycles. The lowest BCUT2D eigenvalue weighted by Gasteiger charge is -2.26. The van der Waals surface area contributed by atoms with Gasteiger partial charge in [0.05, 0.1) is 22.5 Å². The molecule has 0 aliphatic carbocycles. The smallest absolute Gasteiger partial charge is 0.392 e. The van der Waals surface area contributed by atoms with Gasteiger partial charge in [-0.25, -0.2) is 0 Å². The van der Waals surface area contributed by atoms with Gasteiger partial charge in [0.1, 0.15) is 5.60 Å². The highest BCUT2D eigenvalue weighted by atomic mass is 35.5. The van der Waals surface area contributed by atoms with E-state index in [9.17, 15) is 22.8 Å². The second-order valence-corrected chi connectivity index (χ2v) is 9.48. The molecule has 2 aromatic rings. The number of esters is 1. The molecular formula is C26H29ClF3NO3. The molecule has 0 spiro atoms. The van der Waals surface area contributed by atoms with Gasteiger partial charge in [-0.2, -0.15) is 13.2 Å². The van der Waals surface area contributed by atoms with Crippen LogP contribution in [0, 0.1) is 5.92 Å². The fraction of sp³-hybridized carbons (Fsp3) is 0.385. The molecule has 2 aromatic carbocycles. The van der Waals surface area contributed by atoms with Crippen molar-refractivity contribution < 1.29 is 27.5 Å². The van der Waals surface area contributed by atoms with E-state index in [0.717, 1.165) is 12.5 Å². The first-order valence-electron chi connectivity index (χ1n) is 10.8. The molecule has 2 atom stereocenters. The van der Waals surface area contributed by atoms with Crippen molar-refractivity contribution in [3.8, 4) is 0 Å². The second-order valence-electron chi connectivity index (χ2n) is 9.07. The van der Waals surface area contributed by atoms with Gasteiger partial charge < -0.3 is 10.1 Å². The van der Waals surface area contributed by atoms with Crippen LogP contribution in [0.2, 0.25) is 5.02 Å². The Labute approximate surface area is 203 Å². The van der Waals surface area contributed by atoms with E-state index in [4.69, 9.17) is 16.3 Å². The molecule has 0 aliphatic heterocycles. The van der Waals surface area contributed by atoms with Crippen molar-refractivity contribution in [2.24, 2.45) is 5.92 Å². The number of hydrogen-bond acceptors (Lipinski definition) is 3. The van der Waals surface area contributed by atoms with Gasteiger partial charge >= 0.3 is 12.1 Å². The zero-order valence-corrected chi connectivity index (χ0v) is 20.4. The van der Waals surface area contributed by atoms with Crippen molar-refractivity contribution in [1.29, 1.82) is 0 Å². The van der Waals surface area contributed by atoms with E-state index in [1.165, 1.54) is 18.2 Å². The number of alkyl halides is 3. The van der Waals surface area contributed by atoms with Crippen LogP contribution in [0.4, 0.5) is 18.9 Å². The van der Waals surface area contributed by atoms with Crippen molar-refractivity contribution in [3.05, 3.63) is 70.8 Å². The molecule has 184 valence electrons. The summed E-state index contributed by atoms with van der Waals surface area (Å²) < 4.78 is 46.1. The number of amides is 1. The molecule has 1 unspecified atom stereocenters. The lowest BCUT2D eigenvalue weighted by Crippen LogP contribution is -2.34. The maximum absolute atomic E-state index is 13.6. The van der Waals surface area contributed by atoms with E-state index < -0.39 is 29.5 Å². The molecule has 0 fully saturated rings. The van der Waals surface area contributed by atoms with Crippen LogP contribution < -0.4 is 5.32 Å². The number of ether oxygens (including phenoxy) is 1. The van der Waals surface area contributed by atoms with E-state index in [1.54, 1.807) is 51.1 Å². The number of nitrogens with one attached hydrogen (secondary N) is 1. The first kappa shape index (κ1) is 27.4. The first-order chi connectivity index (χ1) is 15.7. The predicted molar refractivity (Wildman–Crippen MR) is 129 cm³/mol. The quantitative estimate of drug-likeness (QED) is 0.395. The zero-order chi connectivity index (χ0) is 25.7. The number of halogens is 4. The second kappa shape index (κ2) is 11.1. The predicted octanol–water partition coefficient (Wildman–Crippen LogP) is 7.18. The fourth-order valence-corrected chi connectivity index (χ4v) is 3.53. The topological polar surface area (TPSA) is 55.4 Å². The highest BCUT2D eigenvalue weighted by Crippen LogP contribution is 2.38. The number of benzene rings is 2. The number of anilines is 1. The molecule has 1 amide bonds. The first-order valence-corrected chi connectivity index (χ1v) is 11.2. The number of carbonyl (C=O) groups excluding carboxylic acids is 2. The third-order valence-electron chi connectivity index (χ3n) is 5.16. The minimum Gasteiger partial charge on any atom is -0.460 e. The van der Waals surface area contributed by atoms with Crippen LogP contribution in [0.3, 0.4) is 0 Å². The summed E-state index contributed by atoms with van der Waals surface area (Å²) in [5.41, 5.74) is 1.20. The zero-order valence-electron chi connectivity index (χ0n) is 19.6. The Morgan fingerprint density at radius 3 is 2.26 bits per heavy atom. The lowest BCUT2D eigenvalue weighted by atomic mass is 9.85. The lowest BCUT2D eigenvalue weighted by molar-refractivity contribution is -0.178. The Kier molecular flexibility index (Phi) is 8.95. The van der Waals surface area contributed by atoms with E-state index in [0.29, 0.717) is 12.0 Å². The molecule has 1 N–H and O–H groups in total. The maximum atomic E-state index is 13.6. The summed E-state index contributed by atoms with van der Waals surface area (Å²) in [6.45, 7) is 9.91. The van der Waals surface area contributed by atoms with Gasteiger partial charge in [-0.05, 0) is 56.0 Å². The molecule has 0 radical (unpaired) electrons. The van der Waals surface area contributed by atoms with Crippen molar-refractivity contribution in [3.63, 3.8) is 0 Å². The summed E-state index contributed by atoms with van der Waals surface area (Å²) in [4.78, 5) is 25.1. The SMILES string of the molecule is C=Cc1ccc([C@@H](C(=O)Nc2cc(CCC(=O)OC(C)(C)C)ccc2Cl)C(C)C(F)(F)F)cc1. The van der Waals surface area contributed by atoms with E-state index in [2.05, 4.69) is 11.9 Å². The minimum absolute atomic E-state index is 0.107. The number of aryl methyl sites for hydroxylation is 1. The van der Waals surface area contributed by atoms with Crippen molar-refractivity contribution in [2.45, 2.75) is 58.2 Å². The van der Waals surface area contributed by atoms with Gasteiger partial charge in [0.15, 0.2) is 0 Å². The molecule has 34 heavy (non-hydrogen) atoms. The van der Waals surface area contributed by atoms with Crippen LogP contribution in [-0.4, -0.2) is 23.7 Å².